The van der Waals surface area contributed by atoms with Gasteiger partial charge in [-0.15, -0.1) is 0 Å². The van der Waals surface area contributed by atoms with E-state index in [0.29, 0.717) is 0 Å². The van der Waals surface area contributed by atoms with Crippen LogP contribution in [-0.4, -0.2) is 15.7 Å². The van der Waals surface area contributed by atoms with E-state index in [9.17, 15) is 14.4 Å². The zero-order valence-corrected chi connectivity index (χ0v) is 7.32. The second kappa shape index (κ2) is 4.38. The van der Waals surface area contributed by atoms with Crippen molar-refractivity contribution in [2.24, 2.45) is 5.84 Å². The zero-order chi connectivity index (χ0) is 10.6. The average molecular weight is 198 g/mol. The van der Waals surface area contributed by atoms with E-state index in [1.165, 1.54) is 0 Å². The fourth-order valence-electron chi connectivity index (χ4n) is 0.914. The van der Waals surface area contributed by atoms with E-state index < -0.39 is 11.5 Å². The molecule has 14 heavy (non-hydrogen) atoms. The second-order valence-electron chi connectivity index (χ2n) is 2.62. The predicted octanol–water partition coefficient (Wildman–Crippen LogP) is -2.08. The van der Waals surface area contributed by atoms with Crippen molar-refractivity contribution in [3.05, 3.63) is 32.8 Å². The van der Waals surface area contributed by atoms with Gasteiger partial charge in [0, 0.05) is 18.6 Å². The van der Waals surface area contributed by atoms with Crippen molar-refractivity contribution < 1.29 is 4.79 Å². The molecule has 4 N–H and O–H groups in total. The Hall–Kier alpha value is -1.89. The van der Waals surface area contributed by atoms with Gasteiger partial charge in [0.25, 0.3) is 11.1 Å². The topological polar surface area (TPSA) is 110 Å². The highest BCUT2D eigenvalue weighted by atomic mass is 16.2. The van der Waals surface area contributed by atoms with Crippen LogP contribution in [0.1, 0.15) is 6.42 Å². The number of hydrogen-bond donors (Lipinski definition) is 3. The molecule has 1 amide bonds. The third-order valence-corrected chi connectivity index (χ3v) is 1.61. The SMILES string of the molecule is NNC(=O)CCn1[nH]c(=O)ccc1=O. The first kappa shape index (κ1) is 10.2. The summed E-state index contributed by atoms with van der Waals surface area (Å²) in [6, 6.07) is 2.26. The smallest absolute Gasteiger partial charge is 0.265 e. The predicted molar refractivity (Wildman–Crippen MR) is 48.3 cm³/mol. The highest BCUT2D eigenvalue weighted by Gasteiger charge is 2.00. The maximum Gasteiger partial charge on any atom is 0.265 e. The van der Waals surface area contributed by atoms with Crippen molar-refractivity contribution in [3.8, 4) is 0 Å². The Kier molecular flexibility index (Phi) is 3.19. The van der Waals surface area contributed by atoms with Gasteiger partial charge < -0.3 is 0 Å². The lowest BCUT2D eigenvalue weighted by Crippen LogP contribution is -2.33. The van der Waals surface area contributed by atoms with Gasteiger partial charge in [0.2, 0.25) is 5.91 Å². The summed E-state index contributed by atoms with van der Waals surface area (Å²) in [4.78, 5) is 32.7. The maximum atomic E-state index is 11.1. The average Bonchev–Trinajstić information content (AvgIpc) is 2.19. The number of rotatable bonds is 3. The van der Waals surface area contributed by atoms with E-state index in [0.717, 1.165) is 16.8 Å². The molecular weight excluding hydrogens is 188 g/mol. The molecule has 1 heterocycles. The van der Waals surface area contributed by atoms with Crippen LogP contribution in [0, 0.1) is 0 Å². The molecule has 76 valence electrons. The number of nitrogens with zero attached hydrogens (tertiary/aromatic N) is 1. The van der Waals surface area contributed by atoms with Crippen LogP contribution in [0.5, 0.6) is 0 Å². The molecule has 0 bridgehead atoms. The van der Waals surface area contributed by atoms with E-state index in [4.69, 9.17) is 5.84 Å². The largest absolute Gasteiger partial charge is 0.294 e. The molecule has 1 aromatic rings. The number of carbonyl (C=O) groups is 1. The quantitative estimate of drug-likeness (QED) is 0.294. The molecule has 7 nitrogen and oxygen atoms in total. The molecule has 0 fully saturated rings. The third kappa shape index (κ3) is 2.56. The fourth-order valence-corrected chi connectivity index (χ4v) is 0.914. The highest BCUT2D eigenvalue weighted by Crippen LogP contribution is 1.81. The summed E-state index contributed by atoms with van der Waals surface area (Å²) in [5.74, 6) is 4.44. The first-order valence-corrected chi connectivity index (χ1v) is 3.93. The number of aromatic amines is 1. The summed E-state index contributed by atoms with van der Waals surface area (Å²) in [7, 11) is 0. The number of hydrogen-bond acceptors (Lipinski definition) is 4. The number of aromatic nitrogens is 2. The number of nitrogens with one attached hydrogen (secondary N) is 2. The van der Waals surface area contributed by atoms with Crippen LogP contribution in [0.2, 0.25) is 0 Å². The van der Waals surface area contributed by atoms with Gasteiger partial charge in [0.15, 0.2) is 0 Å². The molecule has 0 aliphatic heterocycles. The Labute approximate surface area is 78.5 Å². The molecule has 0 spiro atoms. The van der Waals surface area contributed by atoms with Gasteiger partial charge >= 0.3 is 0 Å². The zero-order valence-electron chi connectivity index (χ0n) is 7.32. The Morgan fingerprint density at radius 2 is 2.21 bits per heavy atom. The summed E-state index contributed by atoms with van der Waals surface area (Å²) in [6.45, 7) is 0.0952. The van der Waals surface area contributed by atoms with E-state index in [2.05, 4.69) is 5.10 Å². The Balaban J connectivity index is 2.77. The number of nitrogens with two attached hydrogens (primary N) is 1. The molecule has 1 aromatic heterocycles. The summed E-state index contributed by atoms with van der Waals surface area (Å²) in [5.41, 5.74) is 1.17. The molecule has 0 aromatic carbocycles. The fraction of sp³-hybridized carbons (Fsp3) is 0.286. The van der Waals surface area contributed by atoms with Gasteiger partial charge in [0.1, 0.15) is 0 Å². The highest BCUT2D eigenvalue weighted by molar-refractivity contribution is 5.74. The van der Waals surface area contributed by atoms with Crippen molar-refractivity contribution in [2.45, 2.75) is 13.0 Å². The van der Waals surface area contributed by atoms with Crippen molar-refractivity contribution in [2.75, 3.05) is 0 Å². The second-order valence-corrected chi connectivity index (χ2v) is 2.62. The van der Waals surface area contributed by atoms with Crippen LogP contribution >= 0.6 is 0 Å². The number of hydrazine groups is 1. The third-order valence-electron chi connectivity index (χ3n) is 1.61. The Bertz CT molecular complexity index is 433. The van der Waals surface area contributed by atoms with Crippen LogP contribution in [0.25, 0.3) is 0 Å². The normalized spacial score (nSPS) is 9.79. The molecule has 0 aliphatic carbocycles. The monoisotopic (exact) mass is 198 g/mol. The number of aryl methyl sites for hydroxylation is 1. The number of H-pyrrole nitrogens is 1. The van der Waals surface area contributed by atoms with E-state index in [-0.39, 0.29) is 18.5 Å². The lowest BCUT2D eigenvalue weighted by atomic mass is 10.4. The van der Waals surface area contributed by atoms with Crippen LogP contribution in [0.4, 0.5) is 0 Å². The van der Waals surface area contributed by atoms with Gasteiger partial charge in [-0.2, -0.15) is 0 Å². The first-order chi connectivity index (χ1) is 6.63. The Morgan fingerprint density at radius 3 is 2.86 bits per heavy atom. The standard InChI is InChI=1S/C7H10N4O3/c8-9-5(12)3-4-11-7(14)2-1-6(13)10-11/h1-2H,3-4,8H2,(H,9,12)(H,10,13). The minimum atomic E-state index is -0.401. The molecule has 0 unspecified atom stereocenters. The summed E-state index contributed by atoms with van der Waals surface area (Å²) >= 11 is 0. The van der Waals surface area contributed by atoms with Gasteiger partial charge in [-0.3, -0.25) is 24.9 Å². The number of amides is 1. The van der Waals surface area contributed by atoms with Crippen molar-refractivity contribution >= 4 is 5.91 Å². The first-order valence-electron chi connectivity index (χ1n) is 3.93. The minimum Gasteiger partial charge on any atom is -0.294 e. The van der Waals surface area contributed by atoms with E-state index in [1.807, 2.05) is 5.43 Å². The lowest BCUT2D eigenvalue weighted by Gasteiger charge is -2.02. The van der Waals surface area contributed by atoms with Gasteiger partial charge in [-0.1, -0.05) is 0 Å². The van der Waals surface area contributed by atoms with E-state index in [1.54, 1.807) is 0 Å². The molecule has 0 saturated heterocycles. The van der Waals surface area contributed by atoms with Gasteiger partial charge in [-0.05, 0) is 0 Å². The van der Waals surface area contributed by atoms with Crippen molar-refractivity contribution in [1.29, 1.82) is 0 Å². The summed E-state index contributed by atoms with van der Waals surface area (Å²) in [6.07, 6.45) is 0.0381. The van der Waals surface area contributed by atoms with Crippen LogP contribution < -0.4 is 22.4 Å². The van der Waals surface area contributed by atoms with Gasteiger partial charge in [-0.25, -0.2) is 10.5 Å². The van der Waals surface area contributed by atoms with Gasteiger partial charge in [0.05, 0.1) is 6.54 Å². The molecule has 0 radical (unpaired) electrons. The lowest BCUT2D eigenvalue weighted by molar-refractivity contribution is -0.121. The summed E-state index contributed by atoms with van der Waals surface area (Å²) < 4.78 is 1.05. The van der Waals surface area contributed by atoms with Crippen LogP contribution in [0.3, 0.4) is 0 Å². The molecule has 0 saturated carbocycles. The molecule has 0 aliphatic rings. The maximum absolute atomic E-state index is 11.1. The minimum absolute atomic E-state index is 0.0381. The Morgan fingerprint density at radius 1 is 1.50 bits per heavy atom. The molecule has 1 rings (SSSR count). The van der Waals surface area contributed by atoms with Crippen molar-refractivity contribution in [1.82, 2.24) is 15.2 Å². The van der Waals surface area contributed by atoms with Crippen molar-refractivity contribution in [3.63, 3.8) is 0 Å². The molecule has 7 heteroatoms. The summed E-state index contributed by atoms with van der Waals surface area (Å²) in [5, 5.41) is 2.28. The molecular formula is C7H10N4O3. The number of carbonyl (C=O) groups excluding carboxylic acids is 1. The van der Waals surface area contributed by atoms with Crippen LogP contribution in [0.15, 0.2) is 21.7 Å². The van der Waals surface area contributed by atoms with Crippen LogP contribution in [-0.2, 0) is 11.3 Å². The molecule has 0 atom stereocenters. The van der Waals surface area contributed by atoms with E-state index >= 15 is 0 Å².